The van der Waals surface area contributed by atoms with Crippen molar-refractivity contribution in [2.75, 3.05) is 23.3 Å². The summed E-state index contributed by atoms with van der Waals surface area (Å²) in [5.41, 5.74) is 5.34. The fraction of sp³-hybridized carbons (Fsp3) is 0.259. The molecule has 3 aromatic rings. The van der Waals surface area contributed by atoms with Crippen molar-refractivity contribution in [2.45, 2.75) is 32.2 Å². The van der Waals surface area contributed by atoms with Crippen LogP contribution < -0.4 is 15.5 Å². The van der Waals surface area contributed by atoms with Crippen molar-refractivity contribution >= 4 is 23.2 Å². The first-order valence-corrected chi connectivity index (χ1v) is 11.3. The van der Waals surface area contributed by atoms with Crippen LogP contribution in [-0.2, 0) is 9.59 Å². The fourth-order valence-electron chi connectivity index (χ4n) is 4.15. The van der Waals surface area contributed by atoms with Crippen LogP contribution in [0.1, 0.15) is 42.0 Å². The third-order valence-corrected chi connectivity index (χ3v) is 5.91. The number of benzene rings is 3. The number of hydrogen-bond acceptors (Lipinski definition) is 2. The number of nitrogens with one attached hydrogen (secondary N) is 1. The van der Waals surface area contributed by atoms with Gasteiger partial charge in [-0.05, 0) is 37.6 Å². The van der Waals surface area contributed by atoms with Gasteiger partial charge >= 0.3 is 0 Å². The average molecular weight is 429 g/mol. The van der Waals surface area contributed by atoms with Gasteiger partial charge in [-0.3, -0.25) is 9.59 Å². The smallest absolute Gasteiger partial charge is 0.230 e. The first kappa shape index (κ1) is 21.8. The molecule has 2 amide bonds. The number of amides is 2. The van der Waals surface area contributed by atoms with E-state index in [1.54, 1.807) is 4.90 Å². The fourth-order valence-corrected chi connectivity index (χ4v) is 4.15. The Hall–Kier alpha value is -3.44. The summed E-state index contributed by atoms with van der Waals surface area (Å²) in [7, 11) is 0. The summed E-state index contributed by atoms with van der Waals surface area (Å²) in [6.07, 6.45) is 1.93. The summed E-state index contributed by atoms with van der Waals surface area (Å²) < 4.78 is 0. The Morgan fingerprint density at radius 1 is 0.969 bits per heavy atom. The van der Waals surface area contributed by atoms with E-state index in [2.05, 4.69) is 66.1 Å². The van der Waals surface area contributed by atoms with Gasteiger partial charge in [0.25, 0.3) is 0 Å². The predicted octanol–water partition coefficient (Wildman–Crippen LogP) is 3.80. The Labute approximate surface area is 189 Å². The lowest BCUT2D eigenvalue weighted by molar-refractivity contribution is -0.686. The zero-order chi connectivity index (χ0) is 22.3. The predicted molar refractivity (Wildman–Crippen MR) is 128 cm³/mol. The summed E-state index contributed by atoms with van der Waals surface area (Å²) in [5, 5.41) is 5.19. The molecule has 4 rings (SSSR count). The van der Waals surface area contributed by atoms with Crippen molar-refractivity contribution in [3.8, 4) is 0 Å². The molecule has 32 heavy (non-hydrogen) atoms. The first-order valence-electron chi connectivity index (χ1n) is 11.3. The van der Waals surface area contributed by atoms with Crippen LogP contribution in [-0.4, -0.2) is 24.9 Å². The van der Waals surface area contributed by atoms with Crippen molar-refractivity contribution in [2.24, 2.45) is 0 Å². The normalized spacial score (nSPS) is 14.4. The minimum Gasteiger partial charge on any atom is -0.336 e. The second kappa shape index (κ2) is 10.2. The van der Waals surface area contributed by atoms with Gasteiger partial charge in [0.1, 0.15) is 6.04 Å². The van der Waals surface area contributed by atoms with E-state index in [0.717, 1.165) is 24.3 Å². The monoisotopic (exact) mass is 428 g/mol. The van der Waals surface area contributed by atoms with E-state index in [-0.39, 0.29) is 17.9 Å². The molecular formula is C27H30N3O2+. The molecule has 5 nitrogen and oxygen atoms in total. The van der Waals surface area contributed by atoms with E-state index in [1.807, 2.05) is 30.3 Å². The van der Waals surface area contributed by atoms with E-state index in [1.165, 1.54) is 16.7 Å². The van der Waals surface area contributed by atoms with Gasteiger partial charge in [-0.2, -0.15) is 0 Å². The van der Waals surface area contributed by atoms with Crippen LogP contribution in [0.4, 0.5) is 11.4 Å². The zero-order valence-electron chi connectivity index (χ0n) is 18.5. The minimum absolute atomic E-state index is 0.0121. The highest BCUT2D eigenvalue weighted by Crippen LogP contribution is 2.23. The maximum Gasteiger partial charge on any atom is 0.230 e. The topological polar surface area (TPSA) is 66.0 Å². The van der Waals surface area contributed by atoms with Gasteiger partial charge in [-0.15, -0.1) is 0 Å². The third-order valence-electron chi connectivity index (χ3n) is 5.91. The zero-order valence-corrected chi connectivity index (χ0v) is 18.5. The number of nitrogens with zero attached hydrogens (tertiary/aromatic N) is 1. The second-order valence-electron chi connectivity index (χ2n) is 8.32. The molecule has 1 aliphatic rings. The number of hydrogen-bond donors (Lipinski definition) is 2. The van der Waals surface area contributed by atoms with Crippen LogP contribution in [0.2, 0.25) is 0 Å². The lowest BCUT2D eigenvalue weighted by atomic mass is 9.98. The summed E-state index contributed by atoms with van der Waals surface area (Å²) >= 11 is 0. The van der Waals surface area contributed by atoms with Gasteiger partial charge in [-0.25, -0.2) is 0 Å². The van der Waals surface area contributed by atoms with Gasteiger partial charge in [0, 0.05) is 35.5 Å². The summed E-state index contributed by atoms with van der Waals surface area (Å²) in [4.78, 5) is 26.2. The molecule has 0 bridgehead atoms. The Morgan fingerprint density at radius 3 is 2.31 bits per heavy atom. The molecule has 1 atom stereocenters. The average Bonchev–Trinajstić information content (AvgIpc) is 3.24. The molecule has 0 radical (unpaired) electrons. The largest absolute Gasteiger partial charge is 0.336 e. The van der Waals surface area contributed by atoms with Gasteiger partial charge < -0.3 is 15.5 Å². The van der Waals surface area contributed by atoms with E-state index in [4.69, 9.17) is 0 Å². The van der Waals surface area contributed by atoms with Crippen LogP contribution >= 0.6 is 0 Å². The van der Waals surface area contributed by atoms with Crippen LogP contribution in [0, 0.1) is 6.92 Å². The Balaban J connectivity index is 1.33. The molecule has 5 heteroatoms. The van der Waals surface area contributed by atoms with Crippen LogP contribution in [0.3, 0.4) is 0 Å². The van der Waals surface area contributed by atoms with E-state index in [0.29, 0.717) is 19.4 Å². The van der Waals surface area contributed by atoms with Crippen LogP contribution in [0.25, 0.3) is 0 Å². The molecule has 0 spiro atoms. The van der Waals surface area contributed by atoms with Gasteiger partial charge in [-0.1, -0.05) is 60.2 Å². The Morgan fingerprint density at radius 2 is 1.66 bits per heavy atom. The van der Waals surface area contributed by atoms with Crippen molar-refractivity contribution in [3.05, 3.63) is 95.6 Å². The number of nitrogens with two attached hydrogens (primary N) is 1. The van der Waals surface area contributed by atoms with E-state index < -0.39 is 0 Å². The number of quaternary nitrogens is 1. The van der Waals surface area contributed by atoms with E-state index in [9.17, 15) is 9.59 Å². The minimum atomic E-state index is -0.0121. The number of carbonyl (C=O) groups excluding carboxylic acids is 2. The van der Waals surface area contributed by atoms with Crippen molar-refractivity contribution in [1.82, 2.24) is 0 Å². The summed E-state index contributed by atoms with van der Waals surface area (Å²) in [5.74, 6) is 0.154. The third kappa shape index (κ3) is 5.42. The van der Waals surface area contributed by atoms with E-state index >= 15 is 0 Å². The SMILES string of the molecule is Cc1ccc([C@H]([NH2+]CCC(=O)Nc2ccc(N3CCCC3=O)cc2)c2ccccc2)cc1. The summed E-state index contributed by atoms with van der Waals surface area (Å²) in [6.45, 7) is 3.54. The van der Waals surface area contributed by atoms with Crippen molar-refractivity contribution in [1.29, 1.82) is 0 Å². The second-order valence-corrected chi connectivity index (χ2v) is 8.32. The molecule has 0 aliphatic carbocycles. The molecule has 1 saturated heterocycles. The molecule has 0 aromatic heterocycles. The van der Waals surface area contributed by atoms with Crippen molar-refractivity contribution < 1.29 is 14.9 Å². The lowest BCUT2D eigenvalue weighted by Crippen LogP contribution is -2.85. The van der Waals surface area contributed by atoms with Gasteiger partial charge in [0.2, 0.25) is 11.8 Å². The Bertz CT molecular complexity index is 1050. The maximum absolute atomic E-state index is 12.5. The first-order chi connectivity index (χ1) is 15.6. The molecule has 1 heterocycles. The summed E-state index contributed by atoms with van der Waals surface area (Å²) in [6, 6.07) is 26.7. The molecule has 1 fully saturated rings. The number of carbonyl (C=O) groups is 2. The molecule has 164 valence electrons. The lowest BCUT2D eigenvalue weighted by Gasteiger charge is -2.17. The molecular weight excluding hydrogens is 398 g/mol. The highest BCUT2D eigenvalue weighted by atomic mass is 16.2. The standard InChI is InChI=1S/C27H29N3O2/c1-20-9-11-22(12-10-20)27(21-6-3-2-4-7-21)28-18-17-25(31)29-23-13-15-24(16-14-23)30-19-5-8-26(30)32/h2-4,6-7,9-16,27-28H,5,8,17-19H2,1H3,(H,29,31)/p+1/t27-/m1/s1. The highest BCUT2D eigenvalue weighted by molar-refractivity contribution is 5.96. The number of anilines is 2. The quantitative estimate of drug-likeness (QED) is 0.573. The molecule has 3 N–H and O–H groups in total. The number of rotatable bonds is 8. The Kier molecular flexibility index (Phi) is 6.97. The van der Waals surface area contributed by atoms with Crippen LogP contribution in [0.5, 0.6) is 0 Å². The number of aryl methyl sites for hydroxylation is 1. The highest BCUT2D eigenvalue weighted by Gasteiger charge is 2.21. The molecule has 1 aliphatic heterocycles. The molecule has 0 saturated carbocycles. The molecule has 0 unspecified atom stereocenters. The van der Waals surface area contributed by atoms with Crippen LogP contribution in [0.15, 0.2) is 78.9 Å². The van der Waals surface area contributed by atoms with Crippen molar-refractivity contribution in [3.63, 3.8) is 0 Å². The molecule has 3 aromatic carbocycles. The van der Waals surface area contributed by atoms with Gasteiger partial charge in [0.05, 0.1) is 13.0 Å². The van der Waals surface area contributed by atoms with Gasteiger partial charge in [0.15, 0.2) is 0 Å². The maximum atomic E-state index is 12.5.